The normalized spacial score (nSPS) is 15.9. The van der Waals surface area contributed by atoms with Gasteiger partial charge in [0.2, 0.25) is 21.0 Å². The predicted molar refractivity (Wildman–Crippen MR) is 117 cm³/mol. The van der Waals surface area contributed by atoms with Gasteiger partial charge in [0.25, 0.3) is 0 Å². The van der Waals surface area contributed by atoms with E-state index in [0.29, 0.717) is 0 Å². The van der Waals surface area contributed by atoms with Crippen molar-refractivity contribution in [3.63, 3.8) is 0 Å². The van der Waals surface area contributed by atoms with Gasteiger partial charge in [-0.25, -0.2) is 0 Å². The van der Waals surface area contributed by atoms with Gasteiger partial charge in [0, 0.05) is 16.5 Å². The Bertz CT molecular complexity index is 537. The number of hydrogen-bond acceptors (Lipinski definition) is 6. The van der Waals surface area contributed by atoms with Crippen LogP contribution in [0.1, 0.15) is 58.4 Å². The van der Waals surface area contributed by atoms with E-state index in [2.05, 4.69) is 53.9 Å². The molecular weight excluding hydrogens is 406 g/mol. The van der Waals surface area contributed by atoms with Gasteiger partial charge in [0.1, 0.15) is 12.6 Å². The second kappa shape index (κ2) is 14.6. The minimum absolute atomic E-state index is 0.125. The average Bonchev–Trinajstić information content (AvgIpc) is 2.71. The lowest BCUT2D eigenvalue weighted by atomic mass is 9.99. The lowest BCUT2D eigenvalue weighted by Gasteiger charge is -2.31. The van der Waals surface area contributed by atoms with Crippen molar-refractivity contribution in [2.45, 2.75) is 83.1 Å². The highest BCUT2D eigenvalue weighted by Crippen LogP contribution is 2.29. The molecule has 0 spiro atoms. The first-order chi connectivity index (χ1) is 13.5. The number of rotatable bonds is 15. The third-order valence-electron chi connectivity index (χ3n) is 4.59. The fourth-order valence-electron chi connectivity index (χ4n) is 2.89. The van der Waals surface area contributed by atoms with Gasteiger partial charge < -0.3 is 24.1 Å². The SMILES string of the molecule is CCCC(O[Si])OC(OC(CCC)O[Si])C(C)CCc1cccc(SC)c1N. The molecule has 8 heteroatoms. The molecule has 0 fully saturated rings. The quantitative estimate of drug-likeness (QED) is 0.189. The highest BCUT2D eigenvalue weighted by atomic mass is 32.2. The smallest absolute Gasteiger partial charge is 0.249 e. The van der Waals surface area contributed by atoms with Crippen LogP contribution in [0.15, 0.2) is 23.1 Å². The van der Waals surface area contributed by atoms with Gasteiger partial charge in [-0.3, -0.25) is 0 Å². The van der Waals surface area contributed by atoms with E-state index in [0.717, 1.165) is 54.7 Å². The van der Waals surface area contributed by atoms with Crippen LogP contribution in [0.4, 0.5) is 5.69 Å². The standard InChI is InChI=1S/C20H33NO4SSi2/c1-5-8-17(24-27)22-20(23-18(25-28)9-6-2)14(3)12-13-15-10-7-11-16(26-4)19(15)21/h7,10-11,14,17-18,20H,5-6,8-9,12-13,21H2,1-4H3. The fourth-order valence-corrected chi connectivity index (χ4v) is 3.80. The molecule has 28 heavy (non-hydrogen) atoms. The summed E-state index contributed by atoms with van der Waals surface area (Å²) >= 11 is 1.67. The Hall–Kier alpha value is -0.356. The number of nitrogens with two attached hydrogens (primary N) is 1. The second-order valence-corrected chi connectivity index (χ2v) is 8.18. The zero-order valence-electron chi connectivity index (χ0n) is 17.4. The van der Waals surface area contributed by atoms with Crippen molar-refractivity contribution >= 4 is 38.4 Å². The van der Waals surface area contributed by atoms with Crippen molar-refractivity contribution in [3.8, 4) is 0 Å². The lowest BCUT2D eigenvalue weighted by Crippen LogP contribution is -2.35. The van der Waals surface area contributed by atoms with Gasteiger partial charge in [-0.05, 0) is 43.6 Å². The minimum Gasteiger partial charge on any atom is -0.398 e. The van der Waals surface area contributed by atoms with Crippen molar-refractivity contribution in [2.24, 2.45) is 5.92 Å². The van der Waals surface area contributed by atoms with Gasteiger partial charge >= 0.3 is 0 Å². The van der Waals surface area contributed by atoms with E-state index in [9.17, 15) is 0 Å². The zero-order valence-corrected chi connectivity index (χ0v) is 20.2. The summed E-state index contributed by atoms with van der Waals surface area (Å²) in [5.74, 6) is 0.125. The van der Waals surface area contributed by atoms with Gasteiger partial charge in [-0.15, -0.1) is 11.8 Å². The van der Waals surface area contributed by atoms with E-state index >= 15 is 0 Å². The van der Waals surface area contributed by atoms with Crippen molar-refractivity contribution in [3.05, 3.63) is 23.8 Å². The molecule has 0 aliphatic heterocycles. The van der Waals surface area contributed by atoms with Gasteiger partial charge in [-0.2, -0.15) is 0 Å². The molecule has 0 aliphatic rings. The van der Waals surface area contributed by atoms with Gasteiger partial charge in [-0.1, -0.05) is 45.7 Å². The molecule has 1 aromatic carbocycles. The van der Waals surface area contributed by atoms with Crippen LogP contribution in [-0.4, -0.2) is 46.1 Å². The summed E-state index contributed by atoms with van der Waals surface area (Å²) in [6.45, 7) is 6.29. The highest BCUT2D eigenvalue weighted by Gasteiger charge is 2.26. The molecule has 3 unspecified atom stereocenters. The molecule has 0 bridgehead atoms. The summed E-state index contributed by atoms with van der Waals surface area (Å²) in [6.07, 6.45) is 5.98. The number of anilines is 1. The molecule has 2 N–H and O–H groups in total. The minimum atomic E-state index is -0.453. The Morgan fingerprint density at radius 2 is 1.57 bits per heavy atom. The van der Waals surface area contributed by atoms with Crippen LogP contribution < -0.4 is 5.73 Å². The lowest BCUT2D eigenvalue weighted by molar-refractivity contribution is -0.282. The summed E-state index contributed by atoms with van der Waals surface area (Å²) in [6, 6.07) is 6.19. The first kappa shape index (κ1) is 25.7. The van der Waals surface area contributed by atoms with E-state index in [1.54, 1.807) is 11.8 Å². The number of para-hydroxylation sites is 1. The Labute approximate surface area is 181 Å². The third kappa shape index (κ3) is 8.56. The maximum Gasteiger partial charge on any atom is 0.249 e. The highest BCUT2D eigenvalue weighted by molar-refractivity contribution is 7.98. The Kier molecular flexibility index (Phi) is 13.4. The van der Waals surface area contributed by atoms with Crippen molar-refractivity contribution in [2.75, 3.05) is 12.0 Å². The molecule has 0 aromatic heterocycles. The number of thioether (sulfide) groups is 1. The molecule has 3 atom stereocenters. The van der Waals surface area contributed by atoms with Crippen molar-refractivity contribution in [1.29, 1.82) is 0 Å². The van der Waals surface area contributed by atoms with Crippen molar-refractivity contribution < 1.29 is 18.3 Å². The summed E-state index contributed by atoms with van der Waals surface area (Å²) in [5.41, 5.74) is 8.32. The summed E-state index contributed by atoms with van der Waals surface area (Å²) < 4.78 is 22.8. The fraction of sp³-hybridized carbons (Fsp3) is 0.700. The molecule has 0 amide bonds. The molecule has 0 aliphatic carbocycles. The second-order valence-electron chi connectivity index (χ2n) is 6.86. The largest absolute Gasteiger partial charge is 0.398 e. The predicted octanol–water partition coefficient (Wildman–Crippen LogP) is 4.37. The summed E-state index contributed by atoms with van der Waals surface area (Å²) in [4.78, 5) is 1.11. The molecule has 0 saturated carbocycles. The topological polar surface area (TPSA) is 62.9 Å². The molecule has 1 rings (SSSR count). The molecule has 5 nitrogen and oxygen atoms in total. The van der Waals surface area contributed by atoms with Crippen LogP contribution in [0.5, 0.6) is 0 Å². The van der Waals surface area contributed by atoms with E-state index in [4.69, 9.17) is 24.1 Å². The third-order valence-corrected chi connectivity index (χ3v) is 5.92. The number of aryl methyl sites for hydroxylation is 1. The van der Waals surface area contributed by atoms with Crippen molar-refractivity contribution in [1.82, 2.24) is 0 Å². The molecular formula is C20H33NO4SSi2. The van der Waals surface area contributed by atoms with Crippen LogP contribution in [0.2, 0.25) is 0 Å². The van der Waals surface area contributed by atoms with E-state index in [1.165, 1.54) is 0 Å². The van der Waals surface area contributed by atoms with Gasteiger partial charge in [0.15, 0.2) is 6.29 Å². The van der Waals surface area contributed by atoms with E-state index in [1.807, 2.05) is 12.3 Å². The maximum absolute atomic E-state index is 6.30. The van der Waals surface area contributed by atoms with Crippen LogP contribution in [-0.2, 0) is 24.7 Å². The number of ether oxygens (including phenoxy) is 2. The average molecular weight is 440 g/mol. The number of benzene rings is 1. The number of nitrogen functional groups attached to an aromatic ring is 1. The maximum atomic E-state index is 6.30. The first-order valence-electron chi connectivity index (χ1n) is 9.87. The molecule has 0 heterocycles. The monoisotopic (exact) mass is 439 g/mol. The van der Waals surface area contributed by atoms with Crippen LogP contribution in [0, 0.1) is 5.92 Å². The molecule has 156 valence electrons. The Balaban J connectivity index is 2.83. The molecule has 6 radical (unpaired) electrons. The summed E-state index contributed by atoms with van der Waals surface area (Å²) in [7, 11) is 6.24. The zero-order chi connectivity index (χ0) is 20.9. The Morgan fingerprint density at radius 3 is 2.04 bits per heavy atom. The first-order valence-corrected chi connectivity index (χ1v) is 11.9. The Morgan fingerprint density at radius 1 is 1.00 bits per heavy atom. The summed E-state index contributed by atoms with van der Waals surface area (Å²) in [5, 5.41) is 0. The van der Waals surface area contributed by atoms with E-state index in [-0.39, 0.29) is 18.5 Å². The van der Waals surface area contributed by atoms with E-state index < -0.39 is 6.29 Å². The number of hydrogen-bond donors (Lipinski definition) is 1. The van der Waals surface area contributed by atoms with Crippen LogP contribution in [0.25, 0.3) is 0 Å². The molecule has 1 aromatic rings. The van der Waals surface area contributed by atoms with Gasteiger partial charge in [0.05, 0.1) is 0 Å². The molecule has 0 saturated heterocycles. The van der Waals surface area contributed by atoms with Crippen LogP contribution in [0.3, 0.4) is 0 Å². The van der Waals surface area contributed by atoms with Crippen LogP contribution >= 0.6 is 11.8 Å².